The third-order valence-electron chi connectivity index (χ3n) is 2.25. The second-order valence-corrected chi connectivity index (χ2v) is 3.42. The number of aliphatic hydroxyl groups excluding tert-OH is 3. The third kappa shape index (κ3) is 2.57. The highest BCUT2D eigenvalue weighted by atomic mass is 16.4. The first-order valence-electron chi connectivity index (χ1n) is 4.86. The Morgan fingerprint density at radius 2 is 2.12 bits per heavy atom. The van der Waals surface area contributed by atoms with E-state index in [1.165, 1.54) is 12.3 Å². The lowest BCUT2D eigenvalue weighted by Gasteiger charge is -2.23. The summed E-state index contributed by atoms with van der Waals surface area (Å²) in [6.45, 7) is 1.64. The van der Waals surface area contributed by atoms with Crippen LogP contribution in [0.15, 0.2) is 17.1 Å². The third-order valence-corrected chi connectivity index (χ3v) is 2.25. The van der Waals surface area contributed by atoms with Gasteiger partial charge in [0.1, 0.15) is 11.9 Å². The number of hydrogen-bond donors (Lipinski definition) is 4. The maximum Gasteiger partial charge on any atom is 0.351 e. The van der Waals surface area contributed by atoms with Gasteiger partial charge in [0, 0.05) is 6.20 Å². The van der Waals surface area contributed by atoms with Gasteiger partial charge in [0.15, 0.2) is 6.23 Å². The van der Waals surface area contributed by atoms with Crippen molar-refractivity contribution in [3.05, 3.63) is 22.7 Å². The van der Waals surface area contributed by atoms with Crippen LogP contribution in [0.2, 0.25) is 0 Å². The number of nitrogens with zero attached hydrogens (tertiary/aromatic N) is 2. The van der Waals surface area contributed by atoms with Crippen LogP contribution in [0.3, 0.4) is 0 Å². The quantitative estimate of drug-likeness (QED) is 0.496. The van der Waals surface area contributed by atoms with Gasteiger partial charge in [-0.1, -0.05) is 6.92 Å². The van der Waals surface area contributed by atoms with Crippen molar-refractivity contribution in [1.29, 1.82) is 0 Å². The summed E-state index contributed by atoms with van der Waals surface area (Å²) in [4.78, 5) is 14.7. The van der Waals surface area contributed by atoms with Crippen LogP contribution in [-0.2, 0) is 0 Å². The minimum Gasteiger partial charge on any atom is -0.390 e. The average molecular weight is 229 g/mol. The predicted octanol–water partition coefficient (Wildman–Crippen LogP) is -1.55. The molecule has 7 heteroatoms. The molecule has 0 saturated heterocycles. The maximum atomic E-state index is 11.3. The molecule has 0 aliphatic rings. The van der Waals surface area contributed by atoms with Gasteiger partial charge in [0.2, 0.25) is 0 Å². The minimum atomic E-state index is -1.55. The number of hydrogen-bond acceptors (Lipinski definition) is 6. The second kappa shape index (κ2) is 5.06. The number of aliphatic hydroxyl groups is 3. The van der Waals surface area contributed by atoms with Crippen molar-refractivity contribution in [2.45, 2.75) is 31.8 Å². The van der Waals surface area contributed by atoms with E-state index in [9.17, 15) is 20.1 Å². The molecule has 5 N–H and O–H groups in total. The second-order valence-electron chi connectivity index (χ2n) is 3.42. The van der Waals surface area contributed by atoms with Crippen molar-refractivity contribution in [2.75, 3.05) is 5.73 Å². The van der Waals surface area contributed by atoms with E-state index in [1.54, 1.807) is 6.92 Å². The molecule has 1 rings (SSSR count). The van der Waals surface area contributed by atoms with Crippen molar-refractivity contribution >= 4 is 5.82 Å². The van der Waals surface area contributed by atoms with Crippen LogP contribution in [0.4, 0.5) is 5.82 Å². The van der Waals surface area contributed by atoms with E-state index in [2.05, 4.69) is 4.98 Å². The molecular formula is C9H15N3O4. The van der Waals surface area contributed by atoms with Gasteiger partial charge in [-0.3, -0.25) is 4.57 Å². The molecule has 3 atom stereocenters. The smallest absolute Gasteiger partial charge is 0.351 e. The first-order chi connectivity index (χ1) is 7.47. The zero-order chi connectivity index (χ0) is 12.3. The van der Waals surface area contributed by atoms with E-state index in [1.807, 2.05) is 0 Å². The van der Waals surface area contributed by atoms with Gasteiger partial charge in [0.05, 0.1) is 6.10 Å². The molecule has 0 aliphatic carbocycles. The minimum absolute atomic E-state index is 0.0268. The summed E-state index contributed by atoms with van der Waals surface area (Å²) < 4.78 is 0.805. The van der Waals surface area contributed by atoms with Crippen LogP contribution < -0.4 is 11.4 Å². The van der Waals surface area contributed by atoms with Crippen molar-refractivity contribution in [1.82, 2.24) is 9.55 Å². The highest BCUT2D eigenvalue weighted by Gasteiger charge is 2.25. The maximum absolute atomic E-state index is 11.3. The SMILES string of the molecule is CC[C@@H](O)C(O)C(O)n1ccc(N)nc1=O. The fourth-order valence-electron chi connectivity index (χ4n) is 1.23. The molecule has 0 aromatic carbocycles. The number of nitrogens with two attached hydrogens (primary N) is 1. The Balaban J connectivity index is 2.96. The standard InChI is InChI=1S/C9H15N3O4/c1-2-5(13)7(14)8(15)12-4-3-6(10)11-9(12)16/h3-5,7-8,13-15H,2H2,1H3,(H2,10,11,16)/t5-,7?,8?/m1/s1. The molecule has 16 heavy (non-hydrogen) atoms. The van der Waals surface area contributed by atoms with Crippen molar-refractivity contribution in [2.24, 2.45) is 0 Å². The fourth-order valence-corrected chi connectivity index (χ4v) is 1.23. The molecule has 7 nitrogen and oxygen atoms in total. The predicted molar refractivity (Wildman–Crippen MR) is 56.5 cm³/mol. The van der Waals surface area contributed by atoms with E-state index in [4.69, 9.17) is 5.73 Å². The van der Waals surface area contributed by atoms with Gasteiger partial charge in [-0.15, -0.1) is 0 Å². The van der Waals surface area contributed by atoms with Crippen LogP contribution in [0.5, 0.6) is 0 Å². The van der Waals surface area contributed by atoms with E-state index >= 15 is 0 Å². The van der Waals surface area contributed by atoms with E-state index in [0.29, 0.717) is 0 Å². The first kappa shape index (κ1) is 12.6. The lowest BCUT2D eigenvalue weighted by atomic mass is 10.1. The summed E-state index contributed by atoms with van der Waals surface area (Å²) in [5.41, 5.74) is 4.49. The number of rotatable bonds is 4. The molecule has 2 unspecified atom stereocenters. The Hall–Kier alpha value is -1.44. The molecular weight excluding hydrogens is 214 g/mol. The highest BCUT2D eigenvalue weighted by Crippen LogP contribution is 2.11. The molecule has 0 fully saturated rings. The summed E-state index contributed by atoms with van der Waals surface area (Å²) in [5.74, 6) is 0.0268. The Bertz CT molecular complexity index is 406. The number of aromatic nitrogens is 2. The highest BCUT2D eigenvalue weighted by molar-refractivity contribution is 5.23. The van der Waals surface area contributed by atoms with Gasteiger partial charge in [0.25, 0.3) is 0 Å². The zero-order valence-corrected chi connectivity index (χ0v) is 8.82. The molecule has 1 aromatic rings. The molecule has 0 bridgehead atoms. The van der Waals surface area contributed by atoms with Crippen molar-refractivity contribution in [3.8, 4) is 0 Å². The largest absolute Gasteiger partial charge is 0.390 e. The molecule has 90 valence electrons. The molecule has 0 amide bonds. The normalized spacial score (nSPS) is 16.8. The van der Waals surface area contributed by atoms with E-state index < -0.39 is 24.1 Å². The summed E-state index contributed by atoms with van der Waals surface area (Å²) >= 11 is 0. The topological polar surface area (TPSA) is 122 Å². The Kier molecular flexibility index (Phi) is 3.99. The van der Waals surface area contributed by atoms with Gasteiger partial charge < -0.3 is 21.1 Å². The summed E-state index contributed by atoms with van der Waals surface area (Å²) in [7, 11) is 0. The van der Waals surface area contributed by atoms with Crippen molar-refractivity contribution < 1.29 is 15.3 Å². The Labute approximate surface area is 91.8 Å². The summed E-state index contributed by atoms with van der Waals surface area (Å²) in [6.07, 6.45) is -2.64. The molecule has 1 heterocycles. The van der Waals surface area contributed by atoms with Gasteiger partial charge in [-0.25, -0.2) is 4.79 Å². The van der Waals surface area contributed by atoms with Crippen LogP contribution in [0.25, 0.3) is 0 Å². The summed E-state index contributed by atoms with van der Waals surface area (Å²) in [5, 5.41) is 28.5. The Morgan fingerprint density at radius 3 is 2.62 bits per heavy atom. The first-order valence-corrected chi connectivity index (χ1v) is 4.86. The molecule has 0 spiro atoms. The van der Waals surface area contributed by atoms with E-state index in [-0.39, 0.29) is 12.2 Å². The lowest BCUT2D eigenvalue weighted by molar-refractivity contribution is -0.0933. The monoisotopic (exact) mass is 229 g/mol. The van der Waals surface area contributed by atoms with Gasteiger partial charge in [-0.05, 0) is 12.5 Å². The van der Waals surface area contributed by atoms with Crippen LogP contribution in [0.1, 0.15) is 19.6 Å². The molecule has 1 aromatic heterocycles. The Morgan fingerprint density at radius 1 is 1.50 bits per heavy atom. The molecule has 0 saturated carbocycles. The molecule has 0 aliphatic heterocycles. The number of nitrogen functional groups attached to an aromatic ring is 1. The zero-order valence-electron chi connectivity index (χ0n) is 8.82. The fraction of sp³-hybridized carbons (Fsp3) is 0.556. The van der Waals surface area contributed by atoms with Crippen molar-refractivity contribution in [3.63, 3.8) is 0 Å². The molecule has 0 radical (unpaired) electrons. The average Bonchev–Trinajstić information content (AvgIpc) is 2.26. The van der Waals surface area contributed by atoms with Gasteiger partial charge >= 0.3 is 5.69 Å². The number of anilines is 1. The van der Waals surface area contributed by atoms with Crippen LogP contribution in [0, 0.1) is 0 Å². The van der Waals surface area contributed by atoms with E-state index in [0.717, 1.165) is 4.57 Å². The summed E-state index contributed by atoms with van der Waals surface area (Å²) in [6, 6.07) is 1.32. The van der Waals surface area contributed by atoms with Crippen LogP contribution in [-0.4, -0.2) is 37.1 Å². The lowest BCUT2D eigenvalue weighted by Crippen LogP contribution is -2.39. The van der Waals surface area contributed by atoms with Gasteiger partial charge in [-0.2, -0.15) is 4.98 Å². The van der Waals surface area contributed by atoms with Crippen LogP contribution >= 0.6 is 0 Å².